The van der Waals surface area contributed by atoms with Crippen LogP contribution >= 0.6 is 0 Å². The summed E-state index contributed by atoms with van der Waals surface area (Å²) < 4.78 is 30.0. The number of carbonyl (C=O) groups is 1. The Kier molecular flexibility index (Phi) is 4.31. The average Bonchev–Trinajstić information content (AvgIpc) is 2.77. The molecule has 1 atom stereocenters. The second-order valence-corrected chi connectivity index (χ2v) is 4.82. The molecule has 1 unspecified atom stereocenters. The Bertz CT molecular complexity index is 535. The van der Waals surface area contributed by atoms with Crippen molar-refractivity contribution in [1.82, 2.24) is 4.72 Å². The first kappa shape index (κ1) is 13.3. The molecule has 7 heteroatoms. The summed E-state index contributed by atoms with van der Waals surface area (Å²) in [5.41, 5.74) is 0. The minimum Gasteiger partial charge on any atom is -0.480 e. The molecule has 0 saturated carbocycles. The van der Waals surface area contributed by atoms with Crippen molar-refractivity contribution in [3.8, 4) is 11.8 Å². The van der Waals surface area contributed by atoms with Crippen molar-refractivity contribution >= 4 is 16.0 Å². The summed E-state index contributed by atoms with van der Waals surface area (Å²) in [6.07, 6.45) is 2.12. The summed E-state index contributed by atoms with van der Waals surface area (Å²) in [7, 11) is -3.88. The highest BCUT2D eigenvalue weighted by molar-refractivity contribution is 7.89. The molecule has 6 nitrogen and oxygen atoms in total. The number of carboxylic acids is 1. The molecule has 1 heterocycles. The average molecular weight is 257 g/mol. The van der Waals surface area contributed by atoms with Gasteiger partial charge >= 0.3 is 5.97 Å². The van der Waals surface area contributed by atoms with Crippen LogP contribution in [0.25, 0.3) is 0 Å². The van der Waals surface area contributed by atoms with Crippen LogP contribution in [0.3, 0.4) is 0 Å². The third kappa shape index (κ3) is 3.62. The minimum absolute atomic E-state index is 0.0943. The highest BCUT2D eigenvalue weighted by Crippen LogP contribution is 2.09. The first-order valence-electron chi connectivity index (χ1n) is 4.64. The third-order valence-electron chi connectivity index (χ3n) is 1.88. The van der Waals surface area contributed by atoms with Crippen LogP contribution in [-0.2, 0) is 14.8 Å². The Balaban J connectivity index is 2.86. The fourth-order valence-corrected chi connectivity index (χ4v) is 2.16. The van der Waals surface area contributed by atoms with Crippen molar-refractivity contribution in [2.75, 3.05) is 0 Å². The lowest BCUT2D eigenvalue weighted by molar-refractivity contribution is -0.138. The van der Waals surface area contributed by atoms with Crippen molar-refractivity contribution in [3.05, 3.63) is 18.6 Å². The normalized spacial score (nSPS) is 12.5. The number of furan rings is 1. The molecule has 17 heavy (non-hydrogen) atoms. The number of hydrogen-bond donors (Lipinski definition) is 2. The molecule has 0 fully saturated rings. The number of carboxylic acid groups (broad SMARTS) is 1. The standard InChI is InChI=1S/C10H11NO5S/c1-2-3-4-9(10(12)13)11-17(14,15)8-5-6-16-7-8/h5-7,9,11H,4H2,1H3,(H,12,13). The topological polar surface area (TPSA) is 96.6 Å². The number of aliphatic carboxylic acids is 1. The zero-order valence-electron chi connectivity index (χ0n) is 9.00. The fourth-order valence-electron chi connectivity index (χ4n) is 1.04. The maximum Gasteiger partial charge on any atom is 0.322 e. The molecule has 0 aliphatic rings. The van der Waals surface area contributed by atoms with Gasteiger partial charge in [-0.25, -0.2) is 8.42 Å². The van der Waals surface area contributed by atoms with Gasteiger partial charge in [-0.15, -0.1) is 11.8 Å². The molecule has 1 rings (SSSR count). The quantitative estimate of drug-likeness (QED) is 0.745. The summed E-state index contributed by atoms with van der Waals surface area (Å²) in [6.45, 7) is 1.55. The van der Waals surface area contributed by atoms with Crippen molar-refractivity contribution in [2.24, 2.45) is 0 Å². The largest absolute Gasteiger partial charge is 0.480 e. The zero-order chi connectivity index (χ0) is 12.9. The summed E-state index contributed by atoms with van der Waals surface area (Å²) in [6, 6.07) is -0.0467. The third-order valence-corrected chi connectivity index (χ3v) is 3.33. The van der Waals surface area contributed by atoms with Crippen molar-refractivity contribution in [3.63, 3.8) is 0 Å². The van der Waals surface area contributed by atoms with Gasteiger partial charge < -0.3 is 9.52 Å². The lowest BCUT2D eigenvalue weighted by atomic mass is 10.2. The van der Waals surface area contributed by atoms with E-state index in [0.717, 1.165) is 6.26 Å². The highest BCUT2D eigenvalue weighted by Gasteiger charge is 2.25. The lowest BCUT2D eigenvalue weighted by Gasteiger charge is -2.10. The van der Waals surface area contributed by atoms with E-state index < -0.39 is 22.0 Å². The van der Waals surface area contributed by atoms with Crippen LogP contribution in [-0.4, -0.2) is 25.5 Å². The van der Waals surface area contributed by atoms with Crippen molar-refractivity contribution in [1.29, 1.82) is 0 Å². The molecule has 92 valence electrons. The summed E-state index contributed by atoms with van der Waals surface area (Å²) >= 11 is 0. The number of nitrogens with one attached hydrogen (secondary N) is 1. The Labute approximate surface area is 98.7 Å². The second-order valence-electron chi connectivity index (χ2n) is 3.10. The molecule has 0 bridgehead atoms. The zero-order valence-corrected chi connectivity index (χ0v) is 9.82. The van der Waals surface area contributed by atoms with E-state index in [4.69, 9.17) is 5.11 Å². The minimum atomic E-state index is -3.88. The van der Waals surface area contributed by atoms with Gasteiger partial charge in [0, 0.05) is 6.42 Å². The first-order valence-corrected chi connectivity index (χ1v) is 6.12. The molecular formula is C10H11NO5S. The van der Waals surface area contributed by atoms with Gasteiger partial charge in [-0.3, -0.25) is 4.79 Å². The maximum atomic E-state index is 11.7. The van der Waals surface area contributed by atoms with Gasteiger partial charge in [0.2, 0.25) is 10.0 Å². The molecule has 0 aliphatic carbocycles. The Hall–Kier alpha value is -1.78. The van der Waals surface area contributed by atoms with Gasteiger partial charge in [-0.2, -0.15) is 4.72 Å². The van der Waals surface area contributed by atoms with Crippen LogP contribution < -0.4 is 4.72 Å². The molecule has 0 saturated heterocycles. The maximum absolute atomic E-state index is 11.7. The van der Waals surface area contributed by atoms with Gasteiger partial charge in [0.1, 0.15) is 17.2 Å². The molecule has 0 spiro atoms. The molecule has 0 amide bonds. The first-order chi connectivity index (χ1) is 7.97. The van der Waals surface area contributed by atoms with E-state index >= 15 is 0 Å². The fraction of sp³-hybridized carbons (Fsp3) is 0.300. The van der Waals surface area contributed by atoms with E-state index in [1.54, 1.807) is 6.92 Å². The lowest BCUT2D eigenvalue weighted by Crippen LogP contribution is -2.40. The van der Waals surface area contributed by atoms with Crippen LogP contribution in [0, 0.1) is 11.8 Å². The van der Waals surface area contributed by atoms with Crippen LogP contribution in [0.5, 0.6) is 0 Å². The Morgan fingerprint density at radius 1 is 1.65 bits per heavy atom. The molecule has 2 N–H and O–H groups in total. The van der Waals surface area contributed by atoms with E-state index in [2.05, 4.69) is 16.3 Å². The van der Waals surface area contributed by atoms with Crippen LogP contribution in [0.1, 0.15) is 13.3 Å². The van der Waals surface area contributed by atoms with E-state index in [1.165, 1.54) is 12.3 Å². The van der Waals surface area contributed by atoms with Crippen molar-refractivity contribution in [2.45, 2.75) is 24.3 Å². The monoisotopic (exact) mass is 257 g/mol. The Morgan fingerprint density at radius 2 is 2.35 bits per heavy atom. The molecule has 0 aromatic carbocycles. The van der Waals surface area contributed by atoms with E-state index in [-0.39, 0.29) is 11.3 Å². The highest BCUT2D eigenvalue weighted by atomic mass is 32.2. The van der Waals surface area contributed by atoms with Crippen LogP contribution in [0.4, 0.5) is 0 Å². The number of hydrogen-bond acceptors (Lipinski definition) is 4. The molecule has 0 aliphatic heterocycles. The Morgan fingerprint density at radius 3 is 2.82 bits per heavy atom. The summed E-state index contributed by atoms with van der Waals surface area (Å²) in [4.78, 5) is 10.7. The number of rotatable bonds is 5. The van der Waals surface area contributed by atoms with Gasteiger partial charge in [-0.1, -0.05) is 0 Å². The van der Waals surface area contributed by atoms with E-state index in [9.17, 15) is 13.2 Å². The predicted octanol–water partition coefficient (Wildman–Crippen LogP) is 0.425. The SMILES string of the molecule is CC#CCC(NS(=O)(=O)c1ccoc1)C(=O)O. The smallest absolute Gasteiger partial charge is 0.322 e. The predicted molar refractivity (Wildman–Crippen MR) is 58.5 cm³/mol. The number of sulfonamides is 1. The molecule has 1 aromatic heterocycles. The molecule has 1 aromatic rings. The van der Waals surface area contributed by atoms with Crippen LogP contribution in [0.2, 0.25) is 0 Å². The molecular weight excluding hydrogens is 246 g/mol. The van der Waals surface area contributed by atoms with Crippen LogP contribution in [0.15, 0.2) is 27.9 Å². The van der Waals surface area contributed by atoms with Gasteiger partial charge in [0.25, 0.3) is 0 Å². The van der Waals surface area contributed by atoms with E-state index in [0.29, 0.717) is 0 Å². The van der Waals surface area contributed by atoms with Crippen molar-refractivity contribution < 1.29 is 22.7 Å². The van der Waals surface area contributed by atoms with Gasteiger partial charge in [0.15, 0.2) is 0 Å². The summed E-state index contributed by atoms with van der Waals surface area (Å²) in [5.74, 6) is 3.75. The second kappa shape index (κ2) is 5.52. The van der Waals surface area contributed by atoms with Gasteiger partial charge in [0.05, 0.1) is 6.26 Å². The van der Waals surface area contributed by atoms with E-state index in [1.807, 2.05) is 4.72 Å². The summed E-state index contributed by atoms with van der Waals surface area (Å²) in [5, 5.41) is 8.84. The molecule has 0 radical (unpaired) electrons. The van der Waals surface area contributed by atoms with Gasteiger partial charge in [-0.05, 0) is 13.0 Å².